The third-order valence-electron chi connectivity index (χ3n) is 3.10. The van der Waals surface area contributed by atoms with Crippen LogP contribution in [0.4, 0.5) is 8.78 Å². The molecule has 1 aliphatic rings. The van der Waals surface area contributed by atoms with E-state index in [4.69, 9.17) is 4.42 Å². The van der Waals surface area contributed by atoms with Crippen LogP contribution < -0.4 is 4.72 Å². The molecule has 1 aromatic heterocycles. The molecule has 1 aromatic carbocycles. The van der Waals surface area contributed by atoms with Crippen molar-refractivity contribution in [1.82, 2.24) is 4.72 Å². The molecule has 0 spiro atoms. The molecule has 1 atom stereocenters. The molecule has 106 valence electrons. The van der Waals surface area contributed by atoms with E-state index in [9.17, 15) is 17.2 Å². The predicted octanol–water partition coefficient (Wildman–Crippen LogP) is 1.67. The number of hydrogen-bond donors (Lipinski definition) is 1. The fraction of sp³-hybridized carbons (Fsp3) is 0.167. The Morgan fingerprint density at radius 1 is 1.15 bits per heavy atom. The normalized spacial score (nSPS) is 24.9. The molecular weight excluding hydrogens is 292 g/mol. The van der Waals surface area contributed by atoms with Crippen molar-refractivity contribution in [2.45, 2.75) is 5.54 Å². The molecular formula is C12H9F2NO4S. The Morgan fingerprint density at radius 2 is 1.85 bits per heavy atom. The molecule has 8 heteroatoms. The average molecular weight is 301 g/mol. The second kappa shape index (κ2) is 4.37. The number of hydrogen-bond acceptors (Lipinski definition) is 4. The van der Waals surface area contributed by atoms with Crippen LogP contribution in [0.25, 0.3) is 0 Å². The largest absolute Gasteiger partial charge is 0.472 e. The van der Waals surface area contributed by atoms with Gasteiger partial charge in [-0.3, -0.25) is 4.18 Å². The van der Waals surface area contributed by atoms with Crippen LogP contribution in [0.1, 0.15) is 11.1 Å². The molecule has 3 rings (SSSR count). The van der Waals surface area contributed by atoms with Crippen molar-refractivity contribution < 1.29 is 25.8 Å². The summed E-state index contributed by atoms with van der Waals surface area (Å²) in [5, 5.41) is 0. The molecule has 20 heavy (non-hydrogen) atoms. The van der Waals surface area contributed by atoms with E-state index in [0.29, 0.717) is 11.6 Å². The molecule has 0 amide bonds. The van der Waals surface area contributed by atoms with Crippen LogP contribution in [0, 0.1) is 11.6 Å². The summed E-state index contributed by atoms with van der Waals surface area (Å²) in [6, 6.07) is 4.30. The lowest BCUT2D eigenvalue weighted by Gasteiger charge is -2.25. The van der Waals surface area contributed by atoms with Gasteiger partial charge in [-0.15, -0.1) is 0 Å². The Balaban J connectivity index is 2.21. The van der Waals surface area contributed by atoms with Crippen LogP contribution in [0.3, 0.4) is 0 Å². The molecule has 1 fully saturated rings. The van der Waals surface area contributed by atoms with E-state index in [1.807, 2.05) is 0 Å². The first-order chi connectivity index (χ1) is 9.41. The van der Waals surface area contributed by atoms with Crippen molar-refractivity contribution in [3.8, 4) is 0 Å². The first-order valence-corrected chi connectivity index (χ1v) is 7.00. The van der Waals surface area contributed by atoms with E-state index >= 15 is 0 Å². The van der Waals surface area contributed by atoms with Gasteiger partial charge < -0.3 is 4.42 Å². The summed E-state index contributed by atoms with van der Waals surface area (Å²) in [7, 11) is -3.99. The van der Waals surface area contributed by atoms with Gasteiger partial charge in [-0.2, -0.15) is 13.1 Å². The van der Waals surface area contributed by atoms with Crippen LogP contribution in [-0.2, 0) is 20.0 Å². The van der Waals surface area contributed by atoms with Gasteiger partial charge >= 0.3 is 10.3 Å². The quantitative estimate of drug-likeness (QED) is 0.916. The lowest BCUT2D eigenvalue weighted by atomic mass is 9.86. The predicted molar refractivity (Wildman–Crippen MR) is 63.9 cm³/mol. The summed E-state index contributed by atoms with van der Waals surface area (Å²) in [5.74, 6) is -1.62. The van der Waals surface area contributed by atoms with E-state index in [1.165, 1.54) is 18.6 Å². The van der Waals surface area contributed by atoms with Gasteiger partial charge in [0, 0.05) is 11.6 Å². The van der Waals surface area contributed by atoms with Gasteiger partial charge in [0.15, 0.2) is 0 Å². The minimum atomic E-state index is -3.99. The first-order valence-electron chi connectivity index (χ1n) is 5.59. The Hall–Kier alpha value is -1.77. The highest BCUT2D eigenvalue weighted by atomic mass is 32.2. The van der Waals surface area contributed by atoms with Gasteiger partial charge in [-0.1, -0.05) is 0 Å². The highest BCUT2D eigenvalue weighted by Crippen LogP contribution is 2.36. The maximum absolute atomic E-state index is 13.4. The van der Waals surface area contributed by atoms with Crippen molar-refractivity contribution in [2.75, 3.05) is 6.61 Å². The van der Waals surface area contributed by atoms with Crippen LogP contribution in [0.2, 0.25) is 0 Å². The molecule has 1 aliphatic heterocycles. The standard InChI is InChI=1S/C12H9F2NO4S/c13-10-3-9(4-11(14)5-10)12(8-1-2-18-6-8)7-19-20(16,17)15-12/h1-6,15H,7H2/t12-/m1/s1. The zero-order valence-corrected chi connectivity index (χ0v) is 10.8. The molecule has 0 saturated carbocycles. The Bertz CT molecular complexity index is 725. The maximum atomic E-state index is 13.4. The van der Waals surface area contributed by atoms with Crippen LogP contribution in [-0.4, -0.2) is 15.0 Å². The molecule has 2 aromatic rings. The highest BCUT2D eigenvalue weighted by Gasteiger charge is 2.46. The molecule has 1 saturated heterocycles. The summed E-state index contributed by atoms with van der Waals surface area (Å²) < 4.78 is 61.8. The number of furan rings is 1. The smallest absolute Gasteiger partial charge is 0.337 e. The third-order valence-corrected chi connectivity index (χ3v) is 4.13. The molecule has 2 heterocycles. The maximum Gasteiger partial charge on any atom is 0.337 e. The fourth-order valence-corrected chi connectivity index (χ4v) is 3.31. The molecule has 1 N–H and O–H groups in total. The lowest BCUT2D eigenvalue weighted by molar-refractivity contribution is 0.298. The summed E-state index contributed by atoms with van der Waals surface area (Å²) in [5.41, 5.74) is -0.921. The van der Waals surface area contributed by atoms with Crippen LogP contribution in [0.5, 0.6) is 0 Å². The van der Waals surface area contributed by atoms with Crippen molar-refractivity contribution in [3.05, 3.63) is 59.6 Å². The van der Waals surface area contributed by atoms with E-state index in [-0.39, 0.29) is 12.2 Å². The number of halogens is 2. The molecule has 0 aliphatic carbocycles. The van der Waals surface area contributed by atoms with Gasteiger partial charge in [-0.05, 0) is 23.8 Å². The van der Waals surface area contributed by atoms with Gasteiger partial charge in [0.05, 0.1) is 19.1 Å². The summed E-state index contributed by atoms with van der Waals surface area (Å²) in [6.45, 7) is -0.322. The Labute approximate surface area is 113 Å². The Kier molecular flexibility index (Phi) is 2.89. The summed E-state index contributed by atoms with van der Waals surface area (Å²) >= 11 is 0. The van der Waals surface area contributed by atoms with Crippen molar-refractivity contribution in [1.29, 1.82) is 0 Å². The Morgan fingerprint density at radius 3 is 2.35 bits per heavy atom. The van der Waals surface area contributed by atoms with Crippen molar-refractivity contribution >= 4 is 10.3 Å². The second-order valence-electron chi connectivity index (χ2n) is 4.39. The minimum Gasteiger partial charge on any atom is -0.472 e. The summed E-state index contributed by atoms with van der Waals surface area (Å²) in [6.07, 6.45) is 2.62. The molecule has 0 bridgehead atoms. The van der Waals surface area contributed by atoms with E-state index in [2.05, 4.69) is 8.91 Å². The number of nitrogens with one attached hydrogen (secondary N) is 1. The van der Waals surface area contributed by atoms with Crippen LogP contribution >= 0.6 is 0 Å². The van der Waals surface area contributed by atoms with E-state index < -0.39 is 27.5 Å². The fourth-order valence-electron chi connectivity index (χ4n) is 2.20. The van der Waals surface area contributed by atoms with E-state index in [0.717, 1.165) is 12.1 Å². The van der Waals surface area contributed by atoms with Crippen LogP contribution in [0.15, 0.2) is 41.2 Å². The van der Waals surface area contributed by atoms with Crippen molar-refractivity contribution in [2.24, 2.45) is 0 Å². The molecule has 0 unspecified atom stereocenters. The first kappa shape index (κ1) is 13.2. The second-order valence-corrected chi connectivity index (χ2v) is 5.74. The zero-order chi connectivity index (χ0) is 14.4. The van der Waals surface area contributed by atoms with Gasteiger partial charge in [-0.25, -0.2) is 8.78 Å². The lowest BCUT2D eigenvalue weighted by Crippen LogP contribution is -2.41. The molecule has 0 radical (unpaired) electrons. The monoisotopic (exact) mass is 301 g/mol. The SMILES string of the molecule is O=S1(=O)N[C@](c2ccoc2)(c2cc(F)cc(F)c2)CO1. The summed E-state index contributed by atoms with van der Waals surface area (Å²) in [4.78, 5) is 0. The van der Waals surface area contributed by atoms with Gasteiger partial charge in [0.25, 0.3) is 0 Å². The van der Waals surface area contributed by atoms with Gasteiger partial charge in [0.1, 0.15) is 17.2 Å². The highest BCUT2D eigenvalue weighted by molar-refractivity contribution is 7.85. The average Bonchev–Trinajstić information content (AvgIpc) is 2.95. The zero-order valence-electron chi connectivity index (χ0n) is 9.97. The molecule has 5 nitrogen and oxygen atoms in total. The van der Waals surface area contributed by atoms with E-state index in [1.54, 1.807) is 0 Å². The van der Waals surface area contributed by atoms with Gasteiger partial charge in [0.2, 0.25) is 0 Å². The topological polar surface area (TPSA) is 68.5 Å². The minimum absolute atomic E-state index is 0.0949. The number of rotatable bonds is 2. The third kappa shape index (κ3) is 2.11. The van der Waals surface area contributed by atoms with Crippen molar-refractivity contribution in [3.63, 3.8) is 0 Å². The number of benzene rings is 1.